The summed E-state index contributed by atoms with van der Waals surface area (Å²) in [7, 11) is 0. The van der Waals surface area contributed by atoms with Gasteiger partial charge < -0.3 is 5.73 Å². The van der Waals surface area contributed by atoms with Crippen molar-refractivity contribution in [2.24, 2.45) is 0 Å². The summed E-state index contributed by atoms with van der Waals surface area (Å²) in [6.45, 7) is 0.546. The van der Waals surface area contributed by atoms with Crippen molar-refractivity contribution >= 4 is 21.6 Å². The fourth-order valence-electron chi connectivity index (χ4n) is 2.08. The van der Waals surface area contributed by atoms with E-state index in [1.54, 1.807) is 4.57 Å². The highest BCUT2D eigenvalue weighted by Crippen LogP contribution is 2.33. The SMILES string of the molecule is Nc1cccc(Cn2ccn(C3CC3)c2=O)c1Br. The zero-order chi connectivity index (χ0) is 12.7. The van der Waals surface area contributed by atoms with Crippen LogP contribution in [-0.2, 0) is 6.54 Å². The van der Waals surface area contributed by atoms with Crippen LogP contribution in [0, 0.1) is 0 Å². The number of rotatable bonds is 3. The van der Waals surface area contributed by atoms with Crippen molar-refractivity contribution in [3.05, 3.63) is 51.1 Å². The lowest BCUT2D eigenvalue weighted by Crippen LogP contribution is -2.23. The van der Waals surface area contributed by atoms with E-state index in [0.717, 1.165) is 22.9 Å². The van der Waals surface area contributed by atoms with Gasteiger partial charge in [-0.2, -0.15) is 0 Å². The first-order valence-corrected chi connectivity index (χ1v) is 6.76. The molecule has 0 bridgehead atoms. The molecule has 5 heteroatoms. The number of benzene rings is 1. The van der Waals surface area contributed by atoms with Crippen molar-refractivity contribution in [2.45, 2.75) is 25.4 Å². The fourth-order valence-corrected chi connectivity index (χ4v) is 2.47. The number of imidazole rings is 1. The van der Waals surface area contributed by atoms with Crippen LogP contribution in [0.4, 0.5) is 5.69 Å². The quantitative estimate of drug-likeness (QED) is 0.885. The molecule has 1 saturated carbocycles. The van der Waals surface area contributed by atoms with Crippen molar-refractivity contribution in [1.82, 2.24) is 9.13 Å². The molecule has 0 aliphatic heterocycles. The molecule has 0 amide bonds. The molecular formula is C13H14BrN3O. The lowest BCUT2D eigenvalue weighted by atomic mass is 10.2. The molecule has 1 aromatic heterocycles. The van der Waals surface area contributed by atoms with E-state index in [9.17, 15) is 4.79 Å². The number of halogens is 1. The number of anilines is 1. The monoisotopic (exact) mass is 307 g/mol. The minimum atomic E-state index is 0.0619. The normalized spacial score (nSPS) is 14.9. The predicted molar refractivity (Wildman–Crippen MR) is 74.6 cm³/mol. The maximum Gasteiger partial charge on any atom is 0.328 e. The van der Waals surface area contributed by atoms with Gasteiger partial charge in [0.05, 0.1) is 6.54 Å². The molecule has 1 aliphatic carbocycles. The van der Waals surface area contributed by atoms with Crippen LogP contribution in [0.1, 0.15) is 24.4 Å². The first-order valence-electron chi connectivity index (χ1n) is 5.97. The summed E-state index contributed by atoms with van der Waals surface area (Å²) in [6.07, 6.45) is 5.95. The molecule has 0 radical (unpaired) electrons. The van der Waals surface area contributed by atoms with E-state index in [1.165, 1.54) is 0 Å². The number of nitrogens with zero attached hydrogens (tertiary/aromatic N) is 2. The van der Waals surface area contributed by atoms with E-state index in [0.29, 0.717) is 18.3 Å². The third-order valence-electron chi connectivity index (χ3n) is 3.26. The number of hydrogen-bond acceptors (Lipinski definition) is 2. The molecule has 2 N–H and O–H groups in total. The van der Waals surface area contributed by atoms with Gasteiger partial charge in [0.15, 0.2) is 0 Å². The van der Waals surface area contributed by atoms with Crippen molar-refractivity contribution in [1.29, 1.82) is 0 Å². The van der Waals surface area contributed by atoms with Gasteiger partial charge in [-0.3, -0.25) is 9.13 Å². The lowest BCUT2D eigenvalue weighted by molar-refractivity contribution is 0.655. The first-order chi connectivity index (χ1) is 8.66. The van der Waals surface area contributed by atoms with Crippen molar-refractivity contribution in [3.8, 4) is 0 Å². The molecule has 0 spiro atoms. The Kier molecular flexibility index (Phi) is 2.78. The Morgan fingerprint density at radius 1 is 1.33 bits per heavy atom. The van der Waals surface area contributed by atoms with Crippen molar-refractivity contribution in [3.63, 3.8) is 0 Å². The van der Waals surface area contributed by atoms with Gasteiger partial charge in [-0.25, -0.2) is 4.79 Å². The van der Waals surface area contributed by atoms with E-state index in [2.05, 4.69) is 15.9 Å². The number of nitrogen functional groups attached to an aromatic ring is 1. The lowest BCUT2D eigenvalue weighted by Gasteiger charge is -2.07. The average molecular weight is 308 g/mol. The summed E-state index contributed by atoms with van der Waals surface area (Å²) in [5.74, 6) is 0. The Morgan fingerprint density at radius 2 is 2.11 bits per heavy atom. The zero-order valence-electron chi connectivity index (χ0n) is 9.84. The maximum atomic E-state index is 12.1. The van der Waals surface area contributed by atoms with E-state index in [-0.39, 0.29) is 5.69 Å². The Labute approximate surface area is 113 Å². The van der Waals surface area contributed by atoms with E-state index < -0.39 is 0 Å². The topological polar surface area (TPSA) is 52.9 Å². The maximum absolute atomic E-state index is 12.1. The largest absolute Gasteiger partial charge is 0.398 e. The summed E-state index contributed by atoms with van der Waals surface area (Å²) in [6, 6.07) is 6.13. The number of nitrogens with two attached hydrogens (primary N) is 1. The first kappa shape index (κ1) is 11.6. The van der Waals surface area contributed by atoms with Crippen LogP contribution in [0.25, 0.3) is 0 Å². The molecule has 18 heavy (non-hydrogen) atoms. The molecule has 0 atom stereocenters. The van der Waals surface area contributed by atoms with Gasteiger partial charge in [-0.05, 0) is 40.4 Å². The van der Waals surface area contributed by atoms with Gasteiger partial charge in [-0.1, -0.05) is 12.1 Å². The molecule has 4 nitrogen and oxygen atoms in total. The molecule has 2 aromatic rings. The summed E-state index contributed by atoms with van der Waals surface area (Å²) < 4.78 is 4.41. The zero-order valence-corrected chi connectivity index (χ0v) is 11.4. The Bertz CT molecular complexity index is 640. The predicted octanol–water partition coefficient (Wildman–Crippen LogP) is 2.38. The molecule has 0 unspecified atom stereocenters. The van der Waals surface area contributed by atoms with Gasteiger partial charge in [0, 0.05) is 28.6 Å². The third-order valence-corrected chi connectivity index (χ3v) is 4.23. The third kappa shape index (κ3) is 1.99. The minimum absolute atomic E-state index is 0.0619. The summed E-state index contributed by atoms with van der Waals surface area (Å²) in [5, 5.41) is 0. The average Bonchev–Trinajstić information content (AvgIpc) is 3.12. The van der Waals surface area contributed by atoms with Crippen LogP contribution in [-0.4, -0.2) is 9.13 Å². The highest BCUT2D eigenvalue weighted by molar-refractivity contribution is 9.10. The molecule has 1 aliphatic rings. The van der Waals surface area contributed by atoms with Gasteiger partial charge in [0.25, 0.3) is 0 Å². The van der Waals surface area contributed by atoms with E-state index in [4.69, 9.17) is 5.73 Å². The standard InChI is InChI=1S/C13H14BrN3O/c14-12-9(2-1-3-11(12)15)8-16-6-7-17(13(16)18)10-4-5-10/h1-3,6-7,10H,4-5,8,15H2. The van der Waals surface area contributed by atoms with Crippen LogP contribution in [0.15, 0.2) is 39.9 Å². The minimum Gasteiger partial charge on any atom is -0.398 e. The van der Waals surface area contributed by atoms with Gasteiger partial charge in [0.1, 0.15) is 0 Å². The Hall–Kier alpha value is -1.49. The summed E-state index contributed by atoms with van der Waals surface area (Å²) in [4.78, 5) is 12.1. The Morgan fingerprint density at radius 3 is 2.83 bits per heavy atom. The Balaban J connectivity index is 1.92. The molecule has 3 rings (SSSR count). The van der Waals surface area contributed by atoms with Crippen LogP contribution in [0.2, 0.25) is 0 Å². The van der Waals surface area contributed by atoms with Crippen LogP contribution in [0.3, 0.4) is 0 Å². The molecule has 0 saturated heterocycles. The summed E-state index contributed by atoms with van der Waals surface area (Å²) in [5.41, 5.74) is 7.61. The van der Waals surface area contributed by atoms with E-state index >= 15 is 0 Å². The number of hydrogen-bond donors (Lipinski definition) is 1. The molecule has 1 heterocycles. The molecule has 1 aromatic carbocycles. The highest BCUT2D eigenvalue weighted by Gasteiger charge is 2.25. The van der Waals surface area contributed by atoms with Gasteiger partial charge in [-0.15, -0.1) is 0 Å². The van der Waals surface area contributed by atoms with Gasteiger partial charge in [0.2, 0.25) is 0 Å². The second-order valence-electron chi connectivity index (χ2n) is 4.67. The molecular weight excluding hydrogens is 294 g/mol. The van der Waals surface area contributed by atoms with Crippen molar-refractivity contribution < 1.29 is 0 Å². The second-order valence-corrected chi connectivity index (χ2v) is 5.46. The molecule has 94 valence electrons. The van der Waals surface area contributed by atoms with Crippen molar-refractivity contribution in [2.75, 3.05) is 5.73 Å². The second kappa shape index (κ2) is 4.31. The fraction of sp³-hybridized carbons (Fsp3) is 0.308. The van der Waals surface area contributed by atoms with E-state index in [1.807, 2.05) is 35.2 Å². The molecule has 1 fully saturated rings. The smallest absolute Gasteiger partial charge is 0.328 e. The highest BCUT2D eigenvalue weighted by atomic mass is 79.9. The summed E-state index contributed by atoms with van der Waals surface area (Å²) >= 11 is 3.46. The number of aromatic nitrogens is 2. The van der Waals surface area contributed by atoms with Crippen LogP contribution >= 0.6 is 15.9 Å². The van der Waals surface area contributed by atoms with Crippen LogP contribution < -0.4 is 11.4 Å². The van der Waals surface area contributed by atoms with Crippen LogP contribution in [0.5, 0.6) is 0 Å². The van der Waals surface area contributed by atoms with Gasteiger partial charge >= 0.3 is 5.69 Å².